The molecule has 17 atom stereocenters. The van der Waals surface area contributed by atoms with Gasteiger partial charge in [0.25, 0.3) is 30.4 Å². The fourth-order valence-corrected chi connectivity index (χ4v) is 18.1. The molecule has 0 spiro atoms. The predicted octanol–water partition coefficient (Wildman–Crippen LogP) is -2.96. The van der Waals surface area contributed by atoms with Gasteiger partial charge in [0.15, 0.2) is 36.8 Å². The molecule has 2 unspecified atom stereocenters. The standard InChI is InChI=1S/C85H131N9O38S3.O3S/c1-83(2)57-49-55(135(118,119)120)23-24-59(57)93(63(83)20-6-4-7-21-64-84(3,29-11-14-47-133(112,113)114)56-18-9-10-19-58(56)94(64)37-13-15-48-134(115,116)117)36-12-5-8-22-65(100)88-33-28-68(103)91-85(30-25-54(99)17-16-38-121-41-44-125-79-74(108)76(131-81(86)110)71(105)61(51-96)129-79,31-26-66(101)89-34-39-122-42-45-124-78-73(107)69(92-127-53-98)70(104)60(50-95)128-78)32-27-67(102)90-35-40-123-43-46-126-80-75(109)77(132-82(87)111)72(106)62(52-97)130-80;1-4(2)3/h4,6-7,9-10,18-21,23-24,49,53,60-62,69-80,92,95-97,104-109H,5,8,11-17,22,25-48,50-52H2,1-3H3,(H10-,86,87,88,89,90,91,100,101,102,103,110,111,112,113,114,115,116,117,118,119,120);/p+1/t60-,61-,62-,69+,70-,71-,72-,73+,74+,75+,76+,77+,78+,79+,80+,84?,85?;/m1./s1. The van der Waals surface area contributed by atoms with Crippen LogP contribution in [0.15, 0.2) is 83.4 Å². The van der Waals surface area contributed by atoms with Crippen LogP contribution in [0.25, 0.3) is 0 Å². The van der Waals surface area contributed by atoms with Crippen molar-refractivity contribution in [2.45, 2.75) is 250 Å². The third-order valence-electron chi connectivity index (χ3n) is 23.5. The Morgan fingerprint density at radius 2 is 1.04 bits per heavy atom. The summed E-state index contributed by atoms with van der Waals surface area (Å²) in [5, 5.41) is 104. The van der Waals surface area contributed by atoms with E-state index in [4.69, 9.17) is 76.2 Å². The van der Waals surface area contributed by atoms with Gasteiger partial charge < -0.3 is 141 Å². The normalized spacial score (nSPS) is 24.8. The molecule has 0 saturated carbocycles. The maximum absolute atomic E-state index is 14.4. The fourth-order valence-electron chi connectivity index (χ4n) is 16.5. The number of allylic oxidation sites excluding steroid dienone is 6. The van der Waals surface area contributed by atoms with E-state index in [1.165, 1.54) is 12.1 Å². The van der Waals surface area contributed by atoms with E-state index < -0.39 is 217 Å². The van der Waals surface area contributed by atoms with Crippen molar-refractivity contribution in [2.24, 2.45) is 11.5 Å². The van der Waals surface area contributed by atoms with Crippen molar-refractivity contribution in [3.05, 3.63) is 89.7 Å². The molecule has 50 nitrogen and oxygen atoms in total. The van der Waals surface area contributed by atoms with Crippen LogP contribution in [0.4, 0.5) is 21.0 Å². The Balaban J connectivity index is 0.00000726. The molecule has 6 amide bonds. The van der Waals surface area contributed by atoms with Gasteiger partial charge >= 0.3 is 29.3 Å². The SMILES string of the molecule is CC1(C)C(C=CC=CC=C2N(CCCCS(=O)(=O)O)c3ccccc3C2(C)CCCCS(=O)(=O)O)=[N+](CCCCCC(=O)NCCC(=O)NC(CCC(=O)CCCOCCO[C@H]2O[C@H](CO)[C@@H](O)[C@H](OC(N)=O)[C@@H]2O)(CCC(=O)NCCOCCO[C@H]2O[C@H](CO)[C@@H](O)[C@H](NOC=O)[C@@H]2O)CCC(=O)NCCOCCO[C@H]2O[C@H](CO)[C@@H](O)[C@H](OC(N)=O)[C@@H]2O)c2ccc(S(=O)(=O)O)cc21.O=S(=O)=O. The van der Waals surface area contributed by atoms with Crippen molar-refractivity contribution in [2.75, 3.05) is 128 Å². The summed E-state index contributed by atoms with van der Waals surface area (Å²) in [4.78, 5) is 110. The van der Waals surface area contributed by atoms with Crippen molar-refractivity contribution in [3.8, 4) is 0 Å². The molecule has 21 N–H and O–H groups in total. The van der Waals surface area contributed by atoms with E-state index in [0.29, 0.717) is 62.9 Å². The third-order valence-corrected chi connectivity index (χ3v) is 26.0. The van der Waals surface area contributed by atoms with Crippen molar-refractivity contribution in [3.63, 3.8) is 0 Å². The van der Waals surface area contributed by atoms with Crippen molar-refractivity contribution >= 4 is 106 Å². The molecule has 0 aliphatic carbocycles. The summed E-state index contributed by atoms with van der Waals surface area (Å²) in [5.74, 6) is -3.39. The summed E-state index contributed by atoms with van der Waals surface area (Å²) >= 11 is 0. The molecule has 54 heteroatoms. The van der Waals surface area contributed by atoms with E-state index >= 15 is 0 Å². The van der Waals surface area contributed by atoms with Crippen LogP contribution < -0.4 is 43.1 Å². The Hall–Kier alpha value is -8.72. The van der Waals surface area contributed by atoms with Crippen molar-refractivity contribution < 1.29 is 197 Å². The van der Waals surface area contributed by atoms with Gasteiger partial charge in [0, 0.05) is 118 Å². The predicted molar refractivity (Wildman–Crippen MR) is 484 cm³/mol. The number of ether oxygens (including phenoxy) is 11. The molecule has 7 rings (SSSR count). The molecule has 3 saturated heterocycles. The van der Waals surface area contributed by atoms with Crippen molar-refractivity contribution in [1.82, 2.24) is 26.7 Å². The number of Topliss-reactive ketones (excluding diaryl/α,β-unsaturated/α-hetero) is 1. The number of nitrogens with one attached hydrogen (secondary N) is 5. The van der Waals surface area contributed by atoms with Crippen molar-refractivity contribution in [1.29, 1.82) is 0 Å². The van der Waals surface area contributed by atoms with E-state index in [1.807, 2.05) is 73.9 Å². The Morgan fingerprint density at radius 3 is 1.57 bits per heavy atom. The number of amides is 6. The van der Waals surface area contributed by atoms with E-state index in [0.717, 1.165) is 22.7 Å². The number of hydrogen-bond acceptors (Lipinski definition) is 40. The van der Waals surface area contributed by atoms with Crippen LogP contribution in [0.3, 0.4) is 0 Å². The zero-order chi connectivity index (χ0) is 103. The highest BCUT2D eigenvalue weighted by Gasteiger charge is 2.51. The average Bonchev–Trinajstić information content (AvgIpc) is 1.59. The second-order valence-corrected chi connectivity index (χ2v) is 38.8. The number of aliphatic hydroxyl groups is 9. The second kappa shape index (κ2) is 58.8. The first-order valence-corrected chi connectivity index (χ1v) is 50.6. The lowest BCUT2D eigenvalue weighted by Crippen LogP contribution is -2.64. The first kappa shape index (κ1) is 119. The molecule has 3 fully saturated rings. The number of hydroxylamine groups is 1. The number of carbonyl (C=O) groups excluding carboxylic acids is 8. The summed E-state index contributed by atoms with van der Waals surface area (Å²) in [7, 11) is -16.2. The number of ketones is 1. The number of fused-ring (bicyclic) bond motifs is 2. The number of nitrogens with two attached hydrogens (primary N) is 2. The first-order valence-electron chi connectivity index (χ1n) is 45.0. The van der Waals surface area contributed by atoms with Gasteiger partial charge in [0.1, 0.15) is 73.3 Å². The molecule has 0 bridgehead atoms. The van der Waals surface area contributed by atoms with E-state index in [-0.39, 0.29) is 173 Å². The molecule has 0 aromatic heterocycles. The maximum atomic E-state index is 14.4. The number of carbonyl (C=O) groups is 8. The fraction of sp³-hybridized carbons (Fsp3) is 0.682. The van der Waals surface area contributed by atoms with Crippen LogP contribution in [0.5, 0.6) is 0 Å². The van der Waals surface area contributed by atoms with Gasteiger partial charge in [-0.1, -0.05) is 42.8 Å². The number of anilines is 1. The van der Waals surface area contributed by atoms with Gasteiger partial charge in [-0.05, 0) is 115 Å². The number of benzene rings is 2. The molecule has 786 valence electrons. The molecule has 139 heavy (non-hydrogen) atoms. The number of nitrogens with zero attached hydrogens (tertiary/aromatic N) is 2. The van der Waals surface area contributed by atoms with E-state index in [1.54, 1.807) is 12.1 Å². The highest BCUT2D eigenvalue weighted by molar-refractivity contribution is 7.86. The lowest BCUT2D eigenvalue weighted by molar-refractivity contribution is -0.438. The van der Waals surface area contributed by atoms with E-state index in [9.17, 15) is 123 Å². The van der Waals surface area contributed by atoms with Gasteiger partial charge in [-0.3, -0.25) is 42.4 Å². The topological polar surface area (TPSA) is 762 Å². The molecule has 5 aliphatic rings. The highest BCUT2D eigenvalue weighted by atomic mass is 32.2. The molecule has 0 radical (unpaired) electrons. The number of rotatable bonds is 63. The second-order valence-electron chi connectivity index (χ2n) is 33.9. The minimum Gasteiger partial charge on any atom is -0.441 e. The van der Waals surface area contributed by atoms with Crippen LogP contribution >= 0.6 is 0 Å². The number of aliphatic hydroxyl groups excluding tert-OH is 9. The minimum atomic E-state index is -4.64. The molecular formula is C85H132N9O41S4+. The van der Waals surface area contributed by atoms with Crippen LogP contribution in [0.1, 0.15) is 147 Å². The number of para-hydroxylation sites is 1. The number of hydrogen-bond donors (Lipinski definition) is 19. The van der Waals surface area contributed by atoms with Gasteiger partial charge in [-0.25, -0.2) is 9.59 Å². The minimum absolute atomic E-state index is 0.00806. The molecule has 5 heterocycles. The Labute approximate surface area is 805 Å². The summed E-state index contributed by atoms with van der Waals surface area (Å²) in [5.41, 5.74) is 14.0. The molecule has 2 aromatic rings. The van der Waals surface area contributed by atoms with E-state index in [2.05, 4.69) is 36.5 Å². The Kier molecular flexibility index (Phi) is 50.3. The number of primary amides is 2. The van der Waals surface area contributed by atoms with Gasteiger partial charge in [0.2, 0.25) is 29.3 Å². The Bertz CT molecular complexity index is 4840. The largest absolute Gasteiger partial charge is 0.441 e. The Morgan fingerprint density at radius 1 is 0.540 bits per heavy atom. The van der Waals surface area contributed by atoms with Crippen LogP contribution in [-0.4, -0.2) is 377 Å². The van der Waals surface area contributed by atoms with Gasteiger partial charge in [-0.15, -0.1) is 18.1 Å². The summed E-state index contributed by atoms with van der Waals surface area (Å²) in [6.07, 6.45) is -13.4. The lowest BCUT2D eigenvalue weighted by Gasteiger charge is -2.41. The molecular weight excluding hydrogens is 1930 g/mol. The zero-order valence-electron chi connectivity index (χ0n) is 77.2. The zero-order valence-corrected chi connectivity index (χ0v) is 80.5. The quantitative estimate of drug-likeness (QED) is 0.00598. The third kappa shape index (κ3) is 39.2. The lowest BCUT2D eigenvalue weighted by atomic mass is 9.77. The maximum Gasteiger partial charge on any atom is 0.425 e. The number of unbranched alkanes of at least 4 members (excludes halogenated alkanes) is 4. The van der Waals surface area contributed by atoms with Gasteiger partial charge in [-0.2, -0.15) is 29.8 Å². The average molecular weight is 2060 g/mol. The van der Waals surface area contributed by atoms with Crippen LogP contribution in [-0.2, 0) is 138 Å². The van der Waals surface area contributed by atoms with Crippen LogP contribution in [0, 0.1) is 0 Å². The summed E-state index contributed by atoms with van der Waals surface area (Å²) in [6, 6.07) is 10.7. The summed E-state index contributed by atoms with van der Waals surface area (Å²) in [6.45, 7) is 2.74. The van der Waals surface area contributed by atoms with Gasteiger partial charge in [0.05, 0.1) is 94.5 Å². The highest BCUT2D eigenvalue weighted by Crippen LogP contribution is 2.51. The first-order chi connectivity index (χ1) is 65.7. The summed E-state index contributed by atoms with van der Waals surface area (Å²) < 4.78 is 188. The molecule has 2 aromatic carbocycles. The molecule has 5 aliphatic heterocycles. The monoisotopic (exact) mass is 2060 g/mol. The smallest absolute Gasteiger partial charge is 0.425 e. The van der Waals surface area contributed by atoms with Crippen LogP contribution in [0.2, 0.25) is 0 Å².